The Bertz CT molecular complexity index is 1220. The first-order valence-corrected chi connectivity index (χ1v) is 8.78. The lowest BCUT2D eigenvalue weighted by Crippen LogP contribution is -2.25. The first-order chi connectivity index (χ1) is 14.4. The Kier molecular flexibility index (Phi) is 5.62. The van der Waals surface area contributed by atoms with E-state index in [0.29, 0.717) is 0 Å². The van der Waals surface area contributed by atoms with Gasteiger partial charge in [0.25, 0.3) is 0 Å². The zero-order valence-corrected chi connectivity index (χ0v) is 15.8. The van der Waals surface area contributed by atoms with Gasteiger partial charge in [-0.25, -0.2) is 0 Å². The van der Waals surface area contributed by atoms with E-state index in [1.807, 2.05) is 0 Å². The molecule has 0 fully saturated rings. The third kappa shape index (κ3) is 4.93. The second-order valence-corrected chi connectivity index (χ2v) is 6.68. The third-order valence-electron chi connectivity index (χ3n) is 4.46. The lowest BCUT2D eigenvalue weighted by Gasteiger charge is -2.15. The number of anilines is 4. The molecule has 0 saturated heterocycles. The molecular formula is C22H16F6N2O. The first-order valence-electron chi connectivity index (χ1n) is 8.78. The zero-order chi connectivity index (χ0) is 23.0. The molecule has 0 bridgehead atoms. The van der Waals surface area contributed by atoms with Gasteiger partial charge < -0.3 is 15.7 Å². The molecule has 0 aliphatic heterocycles. The molecule has 0 radical (unpaired) electrons. The molecule has 0 unspecified atom stereocenters. The Hall–Kier alpha value is -3.62. The van der Waals surface area contributed by atoms with Crippen LogP contribution in [0.2, 0.25) is 0 Å². The first kappa shape index (κ1) is 22.1. The molecule has 31 heavy (non-hydrogen) atoms. The summed E-state index contributed by atoms with van der Waals surface area (Å²) in [5.41, 5.74) is -1.37. The average molecular weight is 438 g/mol. The summed E-state index contributed by atoms with van der Waals surface area (Å²) in [5.74, 6) is -0.350. The van der Waals surface area contributed by atoms with E-state index in [1.54, 1.807) is 0 Å². The molecule has 0 amide bonds. The highest BCUT2D eigenvalue weighted by Gasteiger charge is 2.31. The van der Waals surface area contributed by atoms with Crippen molar-refractivity contribution < 1.29 is 31.4 Å². The molecule has 0 aromatic heterocycles. The van der Waals surface area contributed by atoms with Crippen molar-refractivity contribution in [1.82, 2.24) is 0 Å². The fourth-order valence-electron chi connectivity index (χ4n) is 2.83. The molecular weight excluding hydrogens is 422 g/mol. The van der Waals surface area contributed by atoms with Crippen molar-refractivity contribution in [3.8, 4) is 5.75 Å². The maximum atomic E-state index is 13.0. The summed E-state index contributed by atoms with van der Waals surface area (Å²) in [4.78, 5) is 0. The summed E-state index contributed by atoms with van der Waals surface area (Å²) in [5, 5.41) is 16.1. The monoisotopic (exact) mass is 438 g/mol. The van der Waals surface area contributed by atoms with Crippen molar-refractivity contribution in [2.45, 2.75) is 12.4 Å². The quantitative estimate of drug-likeness (QED) is 0.277. The van der Waals surface area contributed by atoms with E-state index in [1.165, 1.54) is 30.3 Å². The van der Waals surface area contributed by atoms with Gasteiger partial charge in [0, 0.05) is 27.5 Å². The number of halogens is 6. The van der Waals surface area contributed by atoms with Crippen LogP contribution in [0.3, 0.4) is 0 Å². The second kappa shape index (κ2) is 7.90. The number of phenols is 1. The number of alkyl halides is 6. The van der Waals surface area contributed by atoms with Gasteiger partial charge in [-0.1, -0.05) is 25.3 Å². The highest BCUT2D eigenvalue weighted by molar-refractivity contribution is 5.74. The molecule has 0 atom stereocenters. The molecule has 0 spiro atoms. The number of aromatic hydroxyl groups is 1. The molecule has 3 N–H and O–H groups in total. The second-order valence-electron chi connectivity index (χ2n) is 6.68. The van der Waals surface area contributed by atoms with Gasteiger partial charge in [0.1, 0.15) is 5.75 Å². The lowest BCUT2D eigenvalue weighted by molar-refractivity contribution is -0.138. The molecule has 0 heterocycles. The van der Waals surface area contributed by atoms with Crippen LogP contribution in [-0.4, -0.2) is 5.11 Å². The molecule has 162 valence electrons. The predicted molar refractivity (Wildman–Crippen MR) is 108 cm³/mol. The number of nitrogens with one attached hydrogen (secondary N) is 2. The third-order valence-corrected chi connectivity index (χ3v) is 4.46. The zero-order valence-electron chi connectivity index (χ0n) is 15.8. The molecule has 3 rings (SSSR count). The summed E-state index contributed by atoms with van der Waals surface area (Å²) in [6, 6.07) is 10.1. The molecule has 0 aliphatic carbocycles. The van der Waals surface area contributed by atoms with Crippen LogP contribution in [0.4, 0.5) is 49.1 Å². The number of phenolic OH excluding ortho intramolecular Hbond substituents is 1. The van der Waals surface area contributed by atoms with E-state index in [-0.39, 0.29) is 38.9 Å². The van der Waals surface area contributed by atoms with Crippen LogP contribution in [0, 0.1) is 0 Å². The minimum absolute atomic E-state index is 0.00574. The smallest absolute Gasteiger partial charge is 0.416 e. The normalized spacial score (nSPS) is 11.9. The number of rotatable bonds is 4. The van der Waals surface area contributed by atoms with E-state index in [0.717, 1.165) is 24.3 Å². The Morgan fingerprint density at radius 2 is 1.10 bits per heavy atom. The Balaban J connectivity index is 1.99. The molecule has 3 nitrogen and oxygen atoms in total. The molecule has 0 saturated carbocycles. The minimum atomic E-state index is -4.55. The Labute approximate surface area is 173 Å². The van der Waals surface area contributed by atoms with Gasteiger partial charge in [-0.3, -0.25) is 0 Å². The van der Waals surface area contributed by atoms with E-state index >= 15 is 0 Å². The van der Waals surface area contributed by atoms with Crippen molar-refractivity contribution >= 4 is 35.9 Å². The van der Waals surface area contributed by atoms with Crippen molar-refractivity contribution in [3.63, 3.8) is 0 Å². The fraction of sp³-hybridized carbons (Fsp3) is 0.0909. The van der Waals surface area contributed by atoms with Crippen LogP contribution < -0.4 is 21.1 Å². The lowest BCUT2D eigenvalue weighted by atomic mass is 10.1. The standard InChI is InChI=1S/C22H16F6N2O/c1-12-13(2)20(31)19(30-17-8-4-6-15(10-17)22(26,27)28)11-18(12)29-16-7-3-5-14(9-16)21(23,24)25/h3-11,29-31H,1-2H2. The molecule has 3 aromatic carbocycles. The van der Waals surface area contributed by atoms with Crippen LogP contribution in [0.1, 0.15) is 11.1 Å². The number of hydrogen-bond acceptors (Lipinski definition) is 3. The highest BCUT2D eigenvalue weighted by Crippen LogP contribution is 2.34. The summed E-state index contributed by atoms with van der Waals surface area (Å²) in [6.07, 6.45) is -9.09. The SMILES string of the molecule is C=c1c(Nc2cccc(C(F)(F)F)c2)cc(Nc2cccc(C(F)(F)F)c2)c(O)c1=C. The summed E-state index contributed by atoms with van der Waals surface area (Å²) in [6.45, 7) is 7.44. The van der Waals surface area contributed by atoms with Crippen LogP contribution in [-0.2, 0) is 12.4 Å². The highest BCUT2D eigenvalue weighted by atomic mass is 19.4. The van der Waals surface area contributed by atoms with E-state index in [2.05, 4.69) is 23.8 Å². The number of hydrogen-bond donors (Lipinski definition) is 3. The van der Waals surface area contributed by atoms with Crippen LogP contribution in [0.15, 0.2) is 54.6 Å². The van der Waals surface area contributed by atoms with E-state index in [4.69, 9.17) is 0 Å². The van der Waals surface area contributed by atoms with Crippen LogP contribution >= 0.6 is 0 Å². The largest absolute Gasteiger partial charge is 0.505 e. The molecule has 9 heteroatoms. The summed E-state index contributed by atoms with van der Waals surface area (Å²) >= 11 is 0. The van der Waals surface area contributed by atoms with E-state index in [9.17, 15) is 31.4 Å². The molecule has 0 aliphatic rings. The van der Waals surface area contributed by atoms with Gasteiger partial charge >= 0.3 is 12.4 Å². The van der Waals surface area contributed by atoms with Crippen molar-refractivity contribution in [1.29, 1.82) is 0 Å². The van der Waals surface area contributed by atoms with Crippen LogP contribution in [0.5, 0.6) is 5.75 Å². The topological polar surface area (TPSA) is 44.3 Å². The van der Waals surface area contributed by atoms with Gasteiger partial charge in [-0.2, -0.15) is 26.3 Å². The van der Waals surface area contributed by atoms with Gasteiger partial charge in [-0.05, 0) is 42.5 Å². The van der Waals surface area contributed by atoms with Gasteiger partial charge in [0.05, 0.1) is 16.8 Å². The maximum absolute atomic E-state index is 13.0. The van der Waals surface area contributed by atoms with Crippen molar-refractivity contribution in [2.24, 2.45) is 0 Å². The van der Waals surface area contributed by atoms with Gasteiger partial charge in [0.15, 0.2) is 0 Å². The van der Waals surface area contributed by atoms with Gasteiger partial charge in [0.2, 0.25) is 0 Å². The Morgan fingerprint density at radius 1 is 0.645 bits per heavy atom. The summed E-state index contributed by atoms with van der Waals surface area (Å²) < 4.78 is 77.7. The van der Waals surface area contributed by atoms with Gasteiger partial charge in [-0.15, -0.1) is 0 Å². The maximum Gasteiger partial charge on any atom is 0.416 e. The fourth-order valence-corrected chi connectivity index (χ4v) is 2.83. The predicted octanol–water partition coefficient (Wildman–Crippen LogP) is 5.74. The van der Waals surface area contributed by atoms with Crippen molar-refractivity contribution in [3.05, 3.63) is 76.2 Å². The number of benzene rings is 3. The Morgan fingerprint density at radius 3 is 1.55 bits per heavy atom. The van der Waals surface area contributed by atoms with Crippen LogP contribution in [0.25, 0.3) is 13.2 Å². The molecule has 3 aromatic rings. The minimum Gasteiger partial charge on any atom is -0.505 e. The van der Waals surface area contributed by atoms with E-state index < -0.39 is 23.5 Å². The van der Waals surface area contributed by atoms with Crippen molar-refractivity contribution in [2.75, 3.05) is 10.6 Å². The summed E-state index contributed by atoms with van der Waals surface area (Å²) in [7, 11) is 0. The average Bonchev–Trinajstić information content (AvgIpc) is 2.69.